The third kappa shape index (κ3) is 1.77. The van der Waals surface area contributed by atoms with Gasteiger partial charge in [-0.1, -0.05) is 6.92 Å². The van der Waals surface area contributed by atoms with Gasteiger partial charge in [0.1, 0.15) is 11.6 Å². The molecule has 0 spiro atoms. The molecule has 11 heavy (non-hydrogen) atoms. The molecule has 0 saturated carbocycles. The second-order valence-electron chi connectivity index (χ2n) is 2.21. The Balaban J connectivity index is 3.24. The summed E-state index contributed by atoms with van der Waals surface area (Å²) in [6.45, 7) is 1.85. The van der Waals surface area contributed by atoms with Crippen LogP contribution in [0.15, 0.2) is 16.6 Å². The Morgan fingerprint density at radius 1 is 1.36 bits per heavy atom. The average molecular weight is 221 g/mol. The number of hydrogen-bond donors (Lipinski definition) is 0. The molecule has 0 aliphatic carbocycles. The van der Waals surface area contributed by atoms with Crippen LogP contribution in [0.4, 0.5) is 8.78 Å². The second-order valence-corrected chi connectivity index (χ2v) is 3.01. The first-order valence-corrected chi connectivity index (χ1v) is 4.08. The smallest absolute Gasteiger partial charge is 0.140 e. The van der Waals surface area contributed by atoms with Crippen LogP contribution in [0.1, 0.15) is 12.5 Å². The molecule has 0 radical (unpaired) electrons. The van der Waals surface area contributed by atoms with Crippen molar-refractivity contribution in [3.05, 3.63) is 33.8 Å². The molecular formula is C8H7BrF2. The monoisotopic (exact) mass is 220 g/mol. The van der Waals surface area contributed by atoms with Gasteiger partial charge in [0, 0.05) is 6.07 Å². The molecular weight excluding hydrogens is 214 g/mol. The summed E-state index contributed by atoms with van der Waals surface area (Å²) in [5.74, 6) is -1.07. The van der Waals surface area contributed by atoms with Gasteiger partial charge in [0.15, 0.2) is 0 Å². The first kappa shape index (κ1) is 8.65. The minimum absolute atomic E-state index is 0.362. The van der Waals surface area contributed by atoms with Crippen molar-refractivity contribution in [3.63, 3.8) is 0 Å². The fourth-order valence-electron chi connectivity index (χ4n) is 0.867. The Labute approximate surface area is 72.4 Å². The maximum atomic E-state index is 12.7. The molecule has 1 aromatic carbocycles. The highest BCUT2D eigenvalue weighted by atomic mass is 79.9. The van der Waals surface area contributed by atoms with Crippen molar-refractivity contribution < 1.29 is 8.78 Å². The van der Waals surface area contributed by atoms with Crippen LogP contribution in [0.25, 0.3) is 0 Å². The van der Waals surface area contributed by atoms with Crippen molar-refractivity contribution in [2.24, 2.45) is 0 Å². The third-order valence-corrected chi connectivity index (χ3v) is 2.34. The highest BCUT2D eigenvalue weighted by Crippen LogP contribution is 2.22. The van der Waals surface area contributed by atoms with E-state index in [0.29, 0.717) is 16.5 Å². The molecule has 0 N–H and O–H groups in total. The first-order valence-electron chi connectivity index (χ1n) is 3.28. The summed E-state index contributed by atoms with van der Waals surface area (Å²) in [5, 5.41) is 0. The Hall–Kier alpha value is -0.440. The standard InChI is InChI=1S/C8H7BrF2/c1-2-5-3-6(10)4-7(11)8(5)9/h3-4H,2H2,1H3. The van der Waals surface area contributed by atoms with E-state index in [1.54, 1.807) is 0 Å². The lowest BCUT2D eigenvalue weighted by atomic mass is 10.2. The summed E-state index contributed by atoms with van der Waals surface area (Å²) in [5.41, 5.74) is 0.655. The van der Waals surface area contributed by atoms with Gasteiger partial charge in [0.25, 0.3) is 0 Å². The van der Waals surface area contributed by atoms with Crippen LogP contribution >= 0.6 is 15.9 Å². The maximum Gasteiger partial charge on any atom is 0.140 e. The summed E-state index contributed by atoms with van der Waals surface area (Å²) in [4.78, 5) is 0. The fourth-order valence-corrected chi connectivity index (χ4v) is 1.38. The highest BCUT2D eigenvalue weighted by molar-refractivity contribution is 9.10. The van der Waals surface area contributed by atoms with Crippen molar-refractivity contribution in [2.45, 2.75) is 13.3 Å². The molecule has 0 aliphatic rings. The van der Waals surface area contributed by atoms with E-state index in [2.05, 4.69) is 15.9 Å². The van der Waals surface area contributed by atoms with Crippen molar-refractivity contribution >= 4 is 15.9 Å². The van der Waals surface area contributed by atoms with Crippen molar-refractivity contribution in [3.8, 4) is 0 Å². The second kappa shape index (κ2) is 3.30. The highest BCUT2D eigenvalue weighted by Gasteiger charge is 2.05. The number of halogens is 3. The molecule has 0 nitrogen and oxygen atoms in total. The summed E-state index contributed by atoms with van der Waals surface area (Å²) in [6, 6.07) is 2.19. The summed E-state index contributed by atoms with van der Waals surface area (Å²) in [7, 11) is 0. The molecule has 0 aromatic heterocycles. The minimum Gasteiger partial charge on any atom is -0.207 e. The van der Waals surface area contributed by atoms with Crippen molar-refractivity contribution in [1.82, 2.24) is 0 Å². The van der Waals surface area contributed by atoms with Gasteiger partial charge in [0.2, 0.25) is 0 Å². The Bertz CT molecular complexity index is 271. The van der Waals surface area contributed by atoms with Crippen LogP contribution < -0.4 is 0 Å². The third-order valence-electron chi connectivity index (χ3n) is 1.45. The van der Waals surface area contributed by atoms with E-state index in [1.807, 2.05) is 6.92 Å². The van der Waals surface area contributed by atoms with Crippen molar-refractivity contribution in [1.29, 1.82) is 0 Å². The molecule has 0 unspecified atom stereocenters. The average Bonchev–Trinajstić information content (AvgIpc) is 1.96. The van der Waals surface area contributed by atoms with E-state index in [4.69, 9.17) is 0 Å². The summed E-state index contributed by atoms with van der Waals surface area (Å²) < 4.78 is 25.6. The van der Waals surface area contributed by atoms with Gasteiger partial charge in [-0.25, -0.2) is 8.78 Å². The van der Waals surface area contributed by atoms with Crippen molar-refractivity contribution in [2.75, 3.05) is 0 Å². The lowest BCUT2D eigenvalue weighted by Gasteiger charge is -2.01. The SMILES string of the molecule is CCc1cc(F)cc(F)c1Br. The van der Waals surface area contributed by atoms with Gasteiger partial charge < -0.3 is 0 Å². The normalized spacial score (nSPS) is 10.2. The number of hydrogen-bond acceptors (Lipinski definition) is 0. The molecule has 0 aliphatic heterocycles. The topological polar surface area (TPSA) is 0 Å². The first-order chi connectivity index (χ1) is 5.15. The lowest BCUT2D eigenvalue weighted by molar-refractivity contribution is 0.575. The number of aryl methyl sites for hydroxylation is 1. The molecule has 60 valence electrons. The molecule has 0 fully saturated rings. The van der Waals surface area contributed by atoms with Gasteiger partial charge in [0.05, 0.1) is 4.47 Å². The predicted molar refractivity (Wildman–Crippen MR) is 43.4 cm³/mol. The molecule has 0 atom stereocenters. The Morgan fingerprint density at radius 3 is 2.55 bits per heavy atom. The van der Waals surface area contributed by atoms with E-state index in [1.165, 1.54) is 6.07 Å². The molecule has 0 saturated heterocycles. The van der Waals surface area contributed by atoms with E-state index < -0.39 is 11.6 Å². The van der Waals surface area contributed by atoms with Gasteiger partial charge >= 0.3 is 0 Å². The predicted octanol–water partition coefficient (Wildman–Crippen LogP) is 3.29. The molecule has 0 amide bonds. The van der Waals surface area contributed by atoms with E-state index in [9.17, 15) is 8.78 Å². The largest absolute Gasteiger partial charge is 0.207 e. The van der Waals surface area contributed by atoms with Gasteiger partial charge in [-0.2, -0.15) is 0 Å². The lowest BCUT2D eigenvalue weighted by Crippen LogP contribution is -1.89. The zero-order valence-corrected chi connectivity index (χ0v) is 7.58. The van der Waals surface area contributed by atoms with E-state index in [0.717, 1.165) is 6.07 Å². The van der Waals surface area contributed by atoms with Gasteiger partial charge in [-0.15, -0.1) is 0 Å². The quantitative estimate of drug-likeness (QED) is 0.638. The Kier molecular flexibility index (Phi) is 2.60. The molecule has 1 aromatic rings. The van der Waals surface area contributed by atoms with Crippen LogP contribution in [-0.4, -0.2) is 0 Å². The zero-order valence-electron chi connectivity index (χ0n) is 6.00. The molecule has 0 bridgehead atoms. The number of rotatable bonds is 1. The van der Waals surface area contributed by atoms with Crippen LogP contribution in [0.5, 0.6) is 0 Å². The van der Waals surface area contributed by atoms with Crippen LogP contribution in [0.3, 0.4) is 0 Å². The number of benzene rings is 1. The van der Waals surface area contributed by atoms with Crippen LogP contribution in [-0.2, 0) is 6.42 Å². The minimum atomic E-state index is -0.540. The van der Waals surface area contributed by atoms with Crippen LogP contribution in [0, 0.1) is 11.6 Å². The Morgan fingerprint density at radius 2 is 2.00 bits per heavy atom. The molecule has 3 heteroatoms. The van der Waals surface area contributed by atoms with E-state index in [-0.39, 0.29) is 0 Å². The van der Waals surface area contributed by atoms with Crippen LogP contribution in [0.2, 0.25) is 0 Å². The molecule has 1 rings (SSSR count). The summed E-state index contributed by atoms with van der Waals surface area (Å²) >= 11 is 3.03. The fraction of sp³-hybridized carbons (Fsp3) is 0.250. The van der Waals surface area contributed by atoms with Gasteiger partial charge in [-0.3, -0.25) is 0 Å². The maximum absolute atomic E-state index is 12.7. The van der Waals surface area contributed by atoms with Gasteiger partial charge in [-0.05, 0) is 34.0 Å². The summed E-state index contributed by atoms with van der Waals surface area (Å²) in [6.07, 6.45) is 0.620. The zero-order chi connectivity index (χ0) is 8.43. The van der Waals surface area contributed by atoms with E-state index >= 15 is 0 Å². The molecule has 0 heterocycles.